The van der Waals surface area contributed by atoms with Gasteiger partial charge in [-0.3, -0.25) is 4.79 Å². The Morgan fingerprint density at radius 2 is 1.66 bits per heavy atom. The lowest BCUT2D eigenvalue weighted by atomic mass is 9.91. The number of carbonyl (C=O) groups excluding carboxylic acids is 1. The highest BCUT2D eigenvalue weighted by atomic mass is 16.2. The standard InChI is InChI=1S/C25H24N6O/c32-25(20-6-2-4-8-22(20)31-26-13-14-27-31)29-15-11-19-12-16-30(23(19)17-29)24-10-9-18-5-1-3-7-21(18)28-24/h1-10,13-14,19,23H,11-12,15-17H2/t19-,23-/m0/s1. The number of benzene rings is 2. The van der Waals surface area contributed by atoms with Crippen LogP contribution in [-0.4, -0.2) is 56.5 Å². The van der Waals surface area contributed by atoms with Crippen molar-refractivity contribution >= 4 is 22.6 Å². The second-order valence-electron chi connectivity index (χ2n) is 8.55. The Hall–Kier alpha value is -3.74. The molecule has 0 saturated carbocycles. The molecule has 2 saturated heterocycles. The van der Waals surface area contributed by atoms with E-state index in [9.17, 15) is 4.79 Å². The van der Waals surface area contributed by atoms with Crippen molar-refractivity contribution in [3.05, 3.63) is 78.6 Å². The van der Waals surface area contributed by atoms with Crippen molar-refractivity contribution in [2.24, 2.45) is 5.92 Å². The van der Waals surface area contributed by atoms with Crippen molar-refractivity contribution in [1.82, 2.24) is 24.9 Å². The predicted molar refractivity (Wildman–Crippen MR) is 123 cm³/mol. The Morgan fingerprint density at radius 1 is 0.875 bits per heavy atom. The fourth-order valence-corrected chi connectivity index (χ4v) is 5.16. The van der Waals surface area contributed by atoms with Crippen LogP contribution in [0.2, 0.25) is 0 Å². The van der Waals surface area contributed by atoms with Gasteiger partial charge in [-0.2, -0.15) is 15.0 Å². The number of anilines is 1. The molecule has 2 aliphatic rings. The average molecular weight is 425 g/mol. The van der Waals surface area contributed by atoms with Crippen LogP contribution in [0.5, 0.6) is 0 Å². The average Bonchev–Trinajstić information content (AvgIpc) is 3.53. The normalized spacial score (nSPS) is 20.5. The lowest BCUT2D eigenvalue weighted by Gasteiger charge is -2.39. The molecule has 0 unspecified atom stereocenters. The Morgan fingerprint density at radius 3 is 2.56 bits per heavy atom. The summed E-state index contributed by atoms with van der Waals surface area (Å²) in [7, 11) is 0. The number of hydrogen-bond acceptors (Lipinski definition) is 5. The molecule has 2 aliphatic heterocycles. The largest absolute Gasteiger partial charge is 0.352 e. The third kappa shape index (κ3) is 3.21. The molecule has 0 bridgehead atoms. The fraction of sp³-hybridized carbons (Fsp3) is 0.280. The van der Waals surface area contributed by atoms with Crippen LogP contribution in [0.15, 0.2) is 73.1 Å². The number of hydrogen-bond donors (Lipinski definition) is 0. The molecule has 0 N–H and O–H groups in total. The lowest BCUT2D eigenvalue weighted by molar-refractivity contribution is 0.0678. The van der Waals surface area contributed by atoms with E-state index < -0.39 is 0 Å². The summed E-state index contributed by atoms with van der Waals surface area (Å²) in [5, 5.41) is 9.59. The highest BCUT2D eigenvalue weighted by Gasteiger charge is 2.40. The summed E-state index contributed by atoms with van der Waals surface area (Å²) in [5.74, 6) is 1.64. The van der Waals surface area contributed by atoms with Crippen molar-refractivity contribution in [2.75, 3.05) is 24.5 Å². The van der Waals surface area contributed by atoms with Gasteiger partial charge in [0.05, 0.1) is 35.2 Å². The first-order chi connectivity index (χ1) is 15.8. The van der Waals surface area contributed by atoms with Crippen molar-refractivity contribution < 1.29 is 4.79 Å². The van der Waals surface area contributed by atoms with Gasteiger partial charge in [0, 0.05) is 25.0 Å². The molecule has 2 aromatic carbocycles. The number of nitrogens with zero attached hydrogens (tertiary/aromatic N) is 6. The second-order valence-corrected chi connectivity index (χ2v) is 8.55. The van der Waals surface area contributed by atoms with Gasteiger partial charge in [-0.1, -0.05) is 30.3 Å². The highest BCUT2D eigenvalue weighted by molar-refractivity contribution is 5.97. The third-order valence-electron chi connectivity index (χ3n) is 6.80. The first-order valence-corrected chi connectivity index (χ1v) is 11.2. The SMILES string of the molecule is O=C(c1ccccc1-n1nccn1)N1CC[C@H]2CCN(c3ccc4ccccc4n3)[C@H]2C1. The summed E-state index contributed by atoms with van der Waals surface area (Å²) >= 11 is 0. The summed E-state index contributed by atoms with van der Waals surface area (Å²) in [6.07, 6.45) is 5.41. The number of likely N-dealkylation sites (tertiary alicyclic amines) is 1. The van der Waals surface area contributed by atoms with Crippen LogP contribution in [0.3, 0.4) is 0 Å². The van der Waals surface area contributed by atoms with Gasteiger partial charge in [0.1, 0.15) is 5.82 Å². The van der Waals surface area contributed by atoms with Crippen molar-refractivity contribution in [1.29, 1.82) is 0 Å². The molecule has 7 heteroatoms. The van der Waals surface area contributed by atoms with E-state index in [0.29, 0.717) is 23.7 Å². The quantitative estimate of drug-likeness (QED) is 0.503. The van der Waals surface area contributed by atoms with Crippen LogP contribution < -0.4 is 4.90 Å². The maximum Gasteiger partial charge on any atom is 0.256 e. The van der Waals surface area contributed by atoms with Gasteiger partial charge >= 0.3 is 0 Å². The van der Waals surface area contributed by atoms with Crippen molar-refractivity contribution in [3.8, 4) is 5.69 Å². The lowest BCUT2D eigenvalue weighted by Crippen LogP contribution is -2.50. The minimum absolute atomic E-state index is 0.0367. The fourth-order valence-electron chi connectivity index (χ4n) is 5.16. The number of carbonyl (C=O) groups is 1. The molecule has 4 heterocycles. The predicted octanol–water partition coefficient (Wildman–Crippen LogP) is 3.56. The Kier molecular flexibility index (Phi) is 4.60. The molecule has 2 aromatic heterocycles. The summed E-state index contributed by atoms with van der Waals surface area (Å²) in [6.45, 7) is 2.47. The highest BCUT2D eigenvalue weighted by Crippen LogP contribution is 2.35. The zero-order valence-corrected chi connectivity index (χ0v) is 17.7. The van der Waals surface area contributed by atoms with E-state index in [1.165, 1.54) is 4.80 Å². The molecule has 4 aromatic rings. The van der Waals surface area contributed by atoms with E-state index in [2.05, 4.69) is 39.4 Å². The van der Waals surface area contributed by atoms with Crippen LogP contribution in [-0.2, 0) is 0 Å². The van der Waals surface area contributed by atoms with E-state index in [1.54, 1.807) is 12.4 Å². The minimum atomic E-state index is 0.0367. The van der Waals surface area contributed by atoms with Gasteiger partial charge in [0.15, 0.2) is 0 Å². The monoisotopic (exact) mass is 424 g/mol. The van der Waals surface area contributed by atoms with Crippen molar-refractivity contribution in [2.45, 2.75) is 18.9 Å². The number of piperidine rings is 1. The van der Waals surface area contributed by atoms with Crippen LogP contribution in [0.4, 0.5) is 5.82 Å². The molecule has 1 amide bonds. The molecule has 0 spiro atoms. The van der Waals surface area contributed by atoms with Gasteiger partial charge in [-0.15, -0.1) is 0 Å². The van der Waals surface area contributed by atoms with E-state index >= 15 is 0 Å². The number of para-hydroxylation sites is 2. The Labute approximate surface area is 186 Å². The maximum atomic E-state index is 13.5. The minimum Gasteiger partial charge on any atom is -0.352 e. The number of pyridine rings is 1. The van der Waals surface area contributed by atoms with Gasteiger partial charge in [0.2, 0.25) is 0 Å². The number of rotatable bonds is 3. The first-order valence-electron chi connectivity index (χ1n) is 11.2. The second kappa shape index (κ2) is 7.75. The zero-order chi connectivity index (χ0) is 21.5. The third-order valence-corrected chi connectivity index (χ3v) is 6.80. The molecular weight excluding hydrogens is 400 g/mol. The number of fused-ring (bicyclic) bond motifs is 2. The zero-order valence-electron chi connectivity index (χ0n) is 17.7. The van der Waals surface area contributed by atoms with Gasteiger partial charge < -0.3 is 9.80 Å². The Balaban J connectivity index is 1.27. The summed E-state index contributed by atoms with van der Waals surface area (Å²) < 4.78 is 0. The number of amides is 1. The number of aromatic nitrogens is 4. The van der Waals surface area contributed by atoms with Gasteiger partial charge in [-0.05, 0) is 49.1 Å². The van der Waals surface area contributed by atoms with E-state index in [-0.39, 0.29) is 11.9 Å². The molecule has 7 nitrogen and oxygen atoms in total. The van der Waals surface area contributed by atoms with Gasteiger partial charge in [0.25, 0.3) is 5.91 Å². The van der Waals surface area contributed by atoms with E-state index in [0.717, 1.165) is 42.7 Å². The van der Waals surface area contributed by atoms with Gasteiger partial charge in [-0.25, -0.2) is 4.98 Å². The molecule has 2 atom stereocenters. The topological polar surface area (TPSA) is 67.2 Å². The summed E-state index contributed by atoms with van der Waals surface area (Å²) in [5.41, 5.74) is 2.36. The molecule has 6 rings (SSSR count). The molecular formula is C25H24N6O. The first kappa shape index (κ1) is 19.0. The van der Waals surface area contributed by atoms with E-state index in [1.807, 2.05) is 41.3 Å². The smallest absolute Gasteiger partial charge is 0.256 e. The molecule has 0 radical (unpaired) electrons. The van der Waals surface area contributed by atoms with Crippen molar-refractivity contribution in [3.63, 3.8) is 0 Å². The van der Waals surface area contributed by atoms with Crippen LogP contribution in [0, 0.1) is 5.92 Å². The summed E-state index contributed by atoms with van der Waals surface area (Å²) in [6, 6.07) is 20.3. The maximum absolute atomic E-state index is 13.5. The Bertz CT molecular complexity index is 1270. The molecule has 160 valence electrons. The summed E-state index contributed by atoms with van der Waals surface area (Å²) in [4.78, 5) is 24.4. The van der Waals surface area contributed by atoms with Crippen LogP contribution in [0.1, 0.15) is 23.2 Å². The van der Waals surface area contributed by atoms with Crippen LogP contribution >= 0.6 is 0 Å². The molecule has 0 aliphatic carbocycles. The molecule has 32 heavy (non-hydrogen) atoms. The molecule has 2 fully saturated rings. The van der Waals surface area contributed by atoms with E-state index in [4.69, 9.17) is 4.98 Å². The van der Waals surface area contributed by atoms with Crippen LogP contribution in [0.25, 0.3) is 16.6 Å².